The van der Waals surface area contributed by atoms with Crippen molar-refractivity contribution in [3.63, 3.8) is 0 Å². The van der Waals surface area contributed by atoms with E-state index >= 15 is 0 Å². The Kier molecular flexibility index (Phi) is 3.48. The molecule has 1 fully saturated rings. The molecule has 1 heterocycles. The monoisotopic (exact) mass is 221 g/mol. The summed E-state index contributed by atoms with van der Waals surface area (Å²) >= 11 is 0. The van der Waals surface area contributed by atoms with Gasteiger partial charge < -0.3 is 0 Å². The Morgan fingerprint density at radius 3 is 2.88 bits per heavy atom. The Bertz CT molecular complexity index is 356. The summed E-state index contributed by atoms with van der Waals surface area (Å²) in [6.07, 6.45) is -0.627. The van der Waals surface area contributed by atoms with Gasteiger partial charge in [0.2, 0.25) is 0 Å². The van der Waals surface area contributed by atoms with Crippen molar-refractivity contribution in [3.05, 3.63) is 46.0 Å². The Labute approximate surface area is 94.2 Å². The van der Waals surface area contributed by atoms with Gasteiger partial charge in [0.15, 0.2) is 0 Å². The zero-order chi connectivity index (χ0) is 11.4. The summed E-state index contributed by atoms with van der Waals surface area (Å²) in [7, 11) is 0. The molecule has 16 heavy (non-hydrogen) atoms. The maximum Gasteiger partial charge on any atom is 0.278 e. The highest BCUT2D eigenvalue weighted by molar-refractivity contribution is 5.14. The van der Waals surface area contributed by atoms with Crippen LogP contribution in [-0.2, 0) is 6.54 Å². The fourth-order valence-corrected chi connectivity index (χ4v) is 1.92. The predicted molar refractivity (Wildman–Crippen MR) is 60.5 cm³/mol. The van der Waals surface area contributed by atoms with Crippen LogP contribution < -0.4 is 5.32 Å². The van der Waals surface area contributed by atoms with Crippen molar-refractivity contribution in [2.45, 2.75) is 12.7 Å². The number of nitro groups is 1. The number of hydrogen-bond acceptors (Lipinski definition) is 4. The van der Waals surface area contributed by atoms with Crippen LogP contribution in [0.3, 0.4) is 0 Å². The van der Waals surface area contributed by atoms with Crippen LogP contribution in [0, 0.1) is 10.1 Å². The highest BCUT2D eigenvalue weighted by atomic mass is 16.6. The Hall–Kier alpha value is -1.46. The van der Waals surface area contributed by atoms with Gasteiger partial charge in [0, 0.05) is 24.6 Å². The van der Waals surface area contributed by atoms with Gasteiger partial charge in [-0.1, -0.05) is 30.3 Å². The van der Waals surface area contributed by atoms with E-state index in [-0.39, 0.29) is 4.92 Å². The topological polar surface area (TPSA) is 58.4 Å². The average Bonchev–Trinajstić information content (AvgIpc) is 2.30. The molecule has 0 aliphatic carbocycles. The molecule has 1 saturated heterocycles. The van der Waals surface area contributed by atoms with Crippen LogP contribution in [-0.4, -0.2) is 35.6 Å². The molecule has 0 aromatic heterocycles. The van der Waals surface area contributed by atoms with E-state index in [1.165, 1.54) is 5.56 Å². The van der Waals surface area contributed by atoms with Gasteiger partial charge in [-0.05, 0) is 5.56 Å². The first-order valence-corrected chi connectivity index (χ1v) is 5.39. The van der Waals surface area contributed by atoms with E-state index in [0.717, 1.165) is 13.1 Å². The number of nitrogens with one attached hydrogen (secondary N) is 1. The van der Waals surface area contributed by atoms with E-state index in [2.05, 4.69) is 10.2 Å². The van der Waals surface area contributed by atoms with Crippen LogP contribution in [0.4, 0.5) is 0 Å². The molecule has 0 bridgehead atoms. The number of hydrogen-bond donors (Lipinski definition) is 1. The van der Waals surface area contributed by atoms with Crippen LogP contribution >= 0.6 is 0 Å². The summed E-state index contributed by atoms with van der Waals surface area (Å²) < 4.78 is 0. The third kappa shape index (κ3) is 2.77. The Balaban J connectivity index is 1.93. The van der Waals surface area contributed by atoms with Crippen molar-refractivity contribution < 1.29 is 4.92 Å². The second-order valence-corrected chi connectivity index (χ2v) is 3.98. The highest BCUT2D eigenvalue weighted by Gasteiger charge is 2.26. The largest absolute Gasteiger partial charge is 0.290 e. The lowest BCUT2D eigenvalue weighted by atomic mass is 10.2. The summed E-state index contributed by atoms with van der Waals surface area (Å²) in [5.41, 5.74) is 1.20. The van der Waals surface area contributed by atoms with Crippen molar-refractivity contribution in [3.8, 4) is 0 Å². The van der Waals surface area contributed by atoms with E-state index in [4.69, 9.17) is 0 Å². The Morgan fingerprint density at radius 1 is 1.44 bits per heavy atom. The van der Waals surface area contributed by atoms with Gasteiger partial charge in [-0.2, -0.15) is 0 Å². The summed E-state index contributed by atoms with van der Waals surface area (Å²) in [4.78, 5) is 12.5. The maximum atomic E-state index is 10.7. The first kappa shape index (κ1) is 11.0. The highest BCUT2D eigenvalue weighted by Crippen LogP contribution is 2.07. The third-order valence-corrected chi connectivity index (χ3v) is 2.74. The molecule has 0 radical (unpaired) electrons. The predicted octanol–water partition coefficient (Wildman–Crippen LogP) is 0.695. The molecule has 0 spiro atoms. The molecule has 0 saturated carbocycles. The minimum atomic E-state index is -0.627. The second-order valence-electron chi connectivity index (χ2n) is 3.98. The SMILES string of the molecule is O=[N+]([O-])C1CN(Cc2ccccc2)CCN1. The van der Waals surface area contributed by atoms with Gasteiger partial charge in [0.25, 0.3) is 6.17 Å². The lowest BCUT2D eigenvalue weighted by Crippen LogP contribution is -2.53. The van der Waals surface area contributed by atoms with Gasteiger partial charge in [-0.3, -0.25) is 20.3 Å². The molecule has 1 atom stereocenters. The minimum Gasteiger partial charge on any atom is -0.290 e. The molecule has 5 nitrogen and oxygen atoms in total. The number of benzene rings is 1. The Morgan fingerprint density at radius 2 is 2.19 bits per heavy atom. The molecule has 1 aromatic carbocycles. The van der Waals surface area contributed by atoms with Crippen LogP contribution in [0.25, 0.3) is 0 Å². The van der Waals surface area contributed by atoms with E-state index in [0.29, 0.717) is 13.1 Å². The van der Waals surface area contributed by atoms with Gasteiger partial charge in [0.1, 0.15) is 0 Å². The zero-order valence-electron chi connectivity index (χ0n) is 9.00. The smallest absolute Gasteiger partial charge is 0.278 e. The molecule has 1 aliphatic heterocycles. The van der Waals surface area contributed by atoms with Crippen LogP contribution in [0.5, 0.6) is 0 Å². The molecule has 1 aromatic rings. The molecule has 1 aliphatic rings. The fourth-order valence-electron chi connectivity index (χ4n) is 1.92. The van der Waals surface area contributed by atoms with Crippen LogP contribution in [0.15, 0.2) is 30.3 Å². The van der Waals surface area contributed by atoms with Crippen molar-refractivity contribution >= 4 is 0 Å². The van der Waals surface area contributed by atoms with Crippen molar-refractivity contribution in [1.29, 1.82) is 0 Å². The summed E-state index contributed by atoms with van der Waals surface area (Å²) in [5.74, 6) is 0. The van der Waals surface area contributed by atoms with E-state index in [1.807, 2.05) is 30.3 Å². The molecule has 86 valence electrons. The number of nitrogens with zero attached hydrogens (tertiary/aromatic N) is 2. The molecule has 1 unspecified atom stereocenters. The normalized spacial score (nSPS) is 21.9. The van der Waals surface area contributed by atoms with Gasteiger partial charge in [0.05, 0.1) is 6.54 Å². The van der Waals surface area contributed by atoms with Crippen molar-refractivity contribution in [2.75, 3.05) is 19.6 Å². The summed E-state index contributed by atoms with van der Waals surface area (Å²) in [6.45, 7) is 2.80. The zero-order valence-corrected chi connectivity index (χ0v) is 9.00. The first-order valence-electron chi connectivity index (χ1n) is 5.39. The third-order valence-electron chi connectivity index (χ3n) is 2.74. The quantitative estimate of drug-likeness (QED) is 0.603. The molecule has 0 amide bonds. The van der Waals surface area contributed by atoms with Crippen molar-refractivity contribution in [1.82, 2.24) is 10.2 Å². The second kappa shape index (κ2) is 5.05. The molecule has 5 heteroatoms. The number of piperazine rings is 1. The van der Waals surface area contributed by atoms with Crippen LogP contribution in [0.1, 0.15) is 5.56 Å². The van der Waals surface area contributed by atoms with E-state index in [1.54, 1.807) is 0 Å². The molecule has 2 rings (SSSR count). The number of rotatable bonds is 3. The molecular formula is C11H15N3O2. The summed E-state index contributed by atoms with van der Waals surface area (Å²) in [5, 5.41) is 13.6. The lowest BCUT2D eigenvalue weighted by Gasteiger charge is -2.29. The first-order chi connectivity index (χ1) is 7.75. The van der Waals surface area contributed by atoms with Crippen LogP contribution in [0.2, 0.25) is 0 Å². The lowest BCUT2D eigenvalue weighted by molar-refractivity contribution is -0.532. The van der Waals surface area contributed by atoms with Gasteiger partial charge >= 0.3 is 0 Å². The molecule has 1 N–H and O–H groups in total. The molecular weight excluding hydrogens is 206 g/mol. The maximum absolute atomic E-state index is 10.7. The van der Waals surface area contributed by atoms with Crippen molar-refractivity contribution in [2.24, 2.45) is 0 Å². The van der Waals surface area contributed by atoms with E-state index in [9.17, 15) is 10.1 Å². The average molecular weight is 221 g/mol. The van der Waals surface area contributed by atoms with E-state index < -0.39 is 6.17 Å². The van der Waals surface area contributed by atoms with Gasteiger partial charge in [-0.15, -0.1) is 0 Å². The standard InChI is InChI=1S/C11H15N3O2/c15-14(16)11-9-13(7-6-12-11)8-10-4-2-1-3-5-10/h1-5,11-12H,6-9H2. The minimum absolute atomic E-state index is 0.253. The summed E-state index contributed by atoms with van der Waals surface area (Å²) in [6, 6.07) is 10.0. The van der Waals surface area contributed by atoms with Gasteiger partial charge in [-0.25, -0.2) is 0 Å². The fraction of sp³-hybridized carbons (Fsp3) is 0.455.